The summed E-state index contributed by atoms with van der Waals surface area (Å²) in [5, 5.41) is 4.37. The third-order valence-corrected chi connectivity index (χ3v) is 3.89. The molecule has 2 aromatic heterocycles. The second-order valence-electron chi connectivity index (χ2n) is 4.13. The number of ether oxygens (including phenoxy) is 1. The minimum absolute atomic E-state index is 0.730. The minimum Gasteiger partial charge on any atom is -0.383 e. The molecule has 0 unspecified atom stereocenters. The molecule has 102 valence electrons. The van der Waals surface area contributed by atoms with Gasteiger partial charge in [-0.05, 0) is 18.6 Å². The zero-order valence-corrected chi connectivity index (χ0v) is 12.2. The molecular formula is C14H19N3OS. The van der Waals surface area contributed by atoms with Gasteiger partial charge in [-0.3, -0.25) is 4.98 Å². The van der Waals surface area contributed by atoms with Gasteiger partial charge < -0.3 is 10.1 Å². The van der Waals surface area contributed by atoms with E-state index in [4.69, 9.17) is 4.74 Å². The Morgan fingerprint density at radius 2 is 2.26 bits per heavy atom. The van der Waals surface area contributed by atoms with E-state index in [0.717, 1.165) is 42.5 Å². The lowest BCUT2D eigenvalue weighted by molar-refractivity contribution is 0.199. The van der Waals surface area contributed by atoms with Crippen molar-refractivity contribution in [2.24, 2.45) is 0 Å². The Balaban J connectivity index is 2.09. The monoisotopic (exact) mass is 277 g/mol. The summed E-state index contributed by atoms with van der Waals surface area (Å²) in [5.41, 5.74) is 2.11. The maximum atomic E-state index is 5.03. The van der Waals surface area contributed by atoms with Crippen molar-refractivity contribution in [3.05, 3.63) is 35.0 Å². The van der Waals surface area contributed by atoms with Crippen LogP contribution in [0.4, 0.5) is 0 Å². The average Bonchev–Trinajstić information content (AvgIpc) is 2.88. The van der Waals surface area contributed by atoms with Crippen molar-refractivity contribution in [3.8, 4) is 10.7 Å². The number of hydrogen-bond acceptors (Lipinski definition) is 5. The summed E-state index contributed by atoms with van der Waals surface area (Å²) < 4.78 is 5.03. The first-order valence-corrected chi connectivity index (χ1v) is 7.26. The van der Waals surface area contributed by atoms with Crippen LogP contribution in [0.2, 0.25) is 0 Å². The molecule has 0 atom stereocenters. The summed E-state index contributed by atoms with van der Waals surface area (Å²) in [5.74, 6) is 0. The SMILES string of the molecule is CCc1nc(-c2ccccn2)sc1CNCCOC. The van der Waals surface area contributed by atoms with E-state index in [2.05, 4.69) is 22.2 Å². The van der Waals surface area contributed by atoms with E-state index in [1.54, 1.807) is 24.6 Å². The standard InChI is InChI=1S/C14H19N3OS/c1-3-11-13(10-15-8-9-18-2)19-14(17-11)12-6-4-5-7-16-12/h4-7,15H,3,8-10H2,1-2H3. The summed E-state index contributed by atoms with van der Waals surface area (Å²) in [4.78, 5) is 10.3. The first kappa shape index (κ1) is 14.1. The molecule has 0 fully saturated rings. The molecule has 0 bridgehead atoms. The molecule has 0 amide bonds. The molecule has 2 aromatic rings. The molecule has 2 rings (SSSR count). The summed E-state index contributed by atoms with van der Waals surface area (Å²) in [6.45, 7) is 4.57. The zero-order chi connectivity index (χ0) is 13.5. The lowest BCUT2D eigenvalue weighted by atomic mass is 10.3. The molecule has 0 saturated heterocycles. The highest BCUT2D eigenvalue weighted by Crippen LogP contribution is 2.26. The number of hydrogen-bond donors (Lipinski definition) is 1. The lowest BCUT2D eigenvalue weighted by Gasteiger charge is -2.02. The molecular weight excluding hydrogens is 258 g/mol. The van der Waals surface area contributed by atoms with Gasteiger partial charge in [0.05, 0.1) is 18.0 Å². The number of nitrogens with one attached hydrogen (secondary N) is 1. The van der Waals surface area contributed by atoms with Gasteiger partial charge in [-0.2, -0.15) is 0 Å². The van der Waals surface area contributed by atoms with E-state index in [-0.39, 0.29) is 0 Å². The molecule has 0 aliphatic carbocycles. The molecule has 0 saturated carbocycles. The van der Waals surface area contributed by atoms with E-state index in [0.29, 0.717) is 0 Å². The van der Waals surface area contributed by atoms with Crippen molar-refractivity contribution in [2.45, 2.75) is 19.9 Å². The minimum atomic E-state index is 0.730. The Morgan fingerprint density at radius 3 is 2.95 bits per heavy atom. The van der Waals surface area contributed by atoms with Crippen molar-refractivity contribution in [1.82, 2.24) is 15.3 Å². The van der Waals surface area contributed by atoms with Gasteiger partial charge in [-0.1, -0.05) is 13.0 Å². The molecule has 0 aromatic carbocycles. The van der Waals surface area contributed by atoms with E-state index in [1.807, 2.05) is 18.2 Å². The largest absolute Gasteiger partial charge is 0.383 e. The van der Waals surface area contributed by atoms with E-state index in [9.17, 15) is 0 Å². The molecule has 19 heavy (non-hydrogen) atoms. The summed E-state index contributed by atoms with van der Waals surface area (Å²) >= 11 is 1.72. The van der Waals surface area contributed by atoms with Crippen LogP contribution in [0.15, 0.2) is 24.4 Å². The third-order valence-electron chi connectivity index (χ3n) is 2.77. The molecule has 1 N–H and O–H groups in total. The van der Waals surface area contributed by atoms with Crippen molar-refractivity contribution in [2.75, 3.05) is 20.3 Å². The quantitative estimate of drug-likeness (QED) is 0.790. The highest BCUT2D eigenvalue weighted by Gasteiger charge is 2.11. The maximum Gasteiger partial charge on any atom is 0.142 e. The summed E-state index contributed by atoms with van der Waals surface area (Å²) in [6, 6.07) is 5.91. The fourth-order valence-corrected chi connectivity index (χ4v) is 2.87. The molecule has 0 aliphatic rings. The van der Waals surface area contributed by atoms with Crippen LogP contribution in [0.3, 0.4) is 0 Å². The number of thiazole rings is 1. The average molecular weight is 277 g/mol. The van der Waals surface area contributed by atoms with E-state index < -0.39 is 0 Å². The zero-order valence-electron chi connectivity index (χ0n) is 11.3. The Hall–Kier alpha value is -1.30. The highest BCUT2D eigenvalue weighted by atomic mass is 32.1. The van der Waals surface area contributed by atoms with Gasteiger partial charge >= 0.3 is 0 Å². The number of aryl methyl sites for hydroxylation is 1. The van der Waals surface area contributed by atoms with Crippen molar-refractivity contribution >= 4 is 11.3 Å². The fourth-order valence-electron chi connectivity index (χ4n) is 1.77. The Morgan fingerprint density at radius 1 is 1.37 bits per heavy atom. The highest BCUT2D eigenvalue weighted by molar-refractivity contribution is 7.15. The first-order valence-electron chi connectivity index (χ1n) is 6.44. The Labute approximate surface area is 117 Å². The smallest absolute Gasteiger partial charge is 0.142 e. The van der Waals surface area contributed by atoms with Gasteiger partial charge in [-0.15, -0.1) is 11.3 Å². The van der Waals surface area contributed by atoms with Gasteiger partial charge in [0.2, 0.25) is 0 Å². The van der Waals surface area contributed by atoms with Gasteiger partial charge in [0, 0.05) is 31.3 Å². The van der Waals surface area contributed by atoms with Gasteiger partial charge in [0.15, 0.2) is 0 Å². The Bertz CT molecular complexity index is 499. The van der Waals surface area contributed by atoms with Crippen LogP contribution in [-0.2, 0) is 17.7 Å². The van der Waals surface area contributed by atoms with E-state index >= 15 is 0 Å². The number of rotatable bonds is 7. The fraction of sp³-hybridized carbons (Fsp3) is 0.429. The topological polar surface area (TPSA) is 47.0 Å². The predicted octanol–water partition coefficient (Wildman–Crippen LogP) is 2.50. The predicted molar refractivity (Wildman–Crippen MR) is 78.3 cm³/mol. The van der Waals surface area contributed by atoms with Gasteiger partial charge in [0.1, 0.15) is 5.01 Å². The van der Waals surface area contributed by atoms with Crippen LogP contribution >= 0.6 is 11.3 Å². The molecule has 0 aliphatic heterocycles. The van der Waals surface area contributed by atoms with Crippen LogP contribution in [0.25, 0.3) is 10.7 Å². The van der Waals surface area contributed by atoms with Crippen LogP contribution in [-0.4, -0.2) is 30.2 Å². The van der Waals surface area contributed by atoms with Crippen LogP contribution in [0.5, 0.6) is 0 Å². The van der Waals surface area contributed by atoms with Crippen molar-refractivity contribution in [3.63, 3.8) is 0 Å². The molecule has 0 spiro atoms. The van der Waals surface area contributed by atoms with E-state index in [1.165, 1.54) is 4.88 Å². The number of aromatic nitrogens is 2. The normalized spacial score (nSPS) is 10.8. The Kier molecular flexibility index (Phi) is 5.44. The van der Waals surface area contributed by atoms with Gasteiger partial charge in [-0.25, -0.2) is 4.98 Å². The lowest BCUT2D eigenvalue weighted by Crippen LogP contribution is -2.18. The first-order chi connectivity index (χ1) is 9.35. The van der Waals surface area contributed by atoms with Crippen molar-refractivity contribution < 1.29 is 4.74 Å². The van der Waals surface area contributed by atoms with Crippen LogP contribution < -0.4 is 5.32 Å². The second kappa shape index (κ2) is 7.33. The second-order valence-corrected chi connectivity index (χ2v) is 5.21. The maximum absolute atomic E-state index is 5.03. The third kappa shape index (κ3) is 3.83. The number of pyridine rings is 1. The number of nitrogens with zero attached hydrogens (tertiary/aromatic N) is 2. The van der Waals surface area contributed by atoms with Crippen molar-refractivity contribution in [1.29, 1.82) is 0 Å². The summed E-state index contributed by atoms with van der Waals surface area (Å²) in [6.07, 6.45) is 2.75. The summed E-state index contributed by atoms with van der Waals surface area (Å²) in [7, 11) is 1.71. The molecule has 4 nitrogen and oxygen atoms in total. The molecule has 5 heteroatoms. The van der Waals surface area contributed by atoms with Crippen LogP contribution in [0, 0.1) is 0 Å². The van der Waals surface area contributed by atoms with Gasteiger partial charge in [0.25, 0.3) is 0 Å². The van der Waals surface area contributed by atoms with Crippen LogP contribution in [0.1, 0.15) is 17.5 Å². The number of methoxy groups -OCH3 is 1. The molecule has 0 radical (unpaired) electrons. The molecule has 2 heterocycles.